The summed E-state index contributed by atoms with van der Waals surface area (Å²) in [5.74, 6) is 1.09. The Labute approximate surface area is 143 Å². The van der Waals surface area contributed by atoms with Gasteiger partial charge in [-0.1, -0.05) is 30.3 Å². The number of amides is 1. The van der Waals surface area contributed by atoms with Crippen molar-refractivity contribution in [1.29, 1.82) is 0 Å². The summed E-state index contributed by atoms with van der Waals surface area (Å²) in [5, 5.41) is 6.13. The lowest BCUT2D eigenvalue weighted by Crippen LogP contribution is -2.27. The SMILES string of the molecule is Cc1nc(NCCN(C)C)cc(C(=O)NCCc2ccccc2)n1. The number of rotatable bonds is 8. The number of likely N-dealkylation sites (N-methyl/N-ethyl adjacent to an activating group) is 1. The van der Waals surface area contributed by atoms with E-state index < -0.39 is 0 Å². The van der Waals surface area contributed by atoms with Gasteiger partial charge in [0.2, 0.25) is 0 Å². The monoisotopic (exact) mass is 327 g/mol. The van der Waals surface area contributed by atoms with Crippen molar-refractivity contribution in [2.24, 2.45) is 0 Å². The summed E-state index contributed by atoms with van der Waals surface area (Å²) in [6, 6.07) is 11.8. The molecule has 0 bridgehead atoms. The molecule has 1 aromatic heterocycles. The number of carbonyl (C=O) groups is 1. The van der Waals surface area contributed by atoms with Crippen LogP contribution < -0.4 is 10.6 Å². The lowest BCUT2D eigenvalue weighted by molar-refractivity contribution is 0.0949. The summed E-state index contributed by atoms with van der Waals surface area (Å²) in [6.07, 6.45) is 0.796. The summed E-state index contributed by atoms with van der Waals surface area (Å²) in [4.78, 5) is 22.9. The molecule has 0 aliphatic carbocycles. The Hall–Kier alpha value is -2.47. The van der Waals surface area contributed by atoms with Crippen molar-refractivity contribution in [2.75, 3.05) is 39.0 Å². The molecule has 2 aromatic rings. The van der Waals surface area contributed by atoms with Crippen molar-refractivity contribution in [3.05, 3.63) is 53.5 Å². The van der Waals surface area contributed by atoms with Crippen LogP contribution in [0.3, 0.4) is 0 Å². The molecule has 0 aliphatic heterocycles. The van der Waals surface area contributed by atoms with Crippen LogP contribution in [0, 0.1) is 6.92 Å². The number of aryl methyl sites for hydroxylation is 1. The van der Waals surface area contributed by atoms with Crippen LogP contribution >= 0.6 is 0 Å². The normalized spacial score (nSPS) is 10.7. The van der Waals surface area contributed by atoms with Gasteiger partial charge < -0.3 is 15.5 Å². The summed E-state index contributed by atoms with van der Waals surface area (Å²) in [5.41, 5.74) is 1.59. The Morgan fingerprint density at radius 2 is 1.88 bits per heavy atom. The van der Waals surface area contributed by atoms with Gasteiger partial charge in [-0.3, -0.25) is 4.79 Å². The lowest BCUT2D eigenvalue weighted by Gasteiger charge is -2.12. The van der Waals surface area contributed by atoms with E-state index in [0.29, 0.717) is 23.9 Å². The van der Waals surface area contributed by atoms with E-state index in [0.717, 1.165) is 19.5 Å². The van der Waals surface area contributed by atoms with E-state index in [1.54, 1.807) is 13.0 Å². The number of carbonyl (C=O) groups excluding carboxylic acids is 1. The van der Waals surface area contributed by atoms with E-state index in [1.165, 1.54) is 5.56 Å². The molecular formula is C18H25N5O. The number of aromatic nitrogens is 2. The lowest BCUT2D eigenvalue weighted by atomic mass is 10.1. The molecule has 0 radical (unpaired) electrons. The van der Waals surface area contributed by atoms with Gasteiger partial charge >= 0.3 is 0 Å². The van der Waals surface area contributed by atoms with Crippen LogP contribution in [0.2, 0.25) is 0 Å². The first-order valence-corrected chi connectivity index (χ1v) is 8.11. The van der Waals surface area contributed by atoms with E-state index in [4.69, 9.17) is 0 Å². The minimum atomic E-state index is -0.174. The summed E-state index contributed by atoms with van der Waals surface area (Å²) in [7, 11) is 4.02. The summed E-state index contributed by atoms with van der Waals surface area (Å²) in [6.45, 7) is 4.02. The summed E-state index contributed by atoms with van der Waals surface area (Å²) >= 11 is 0. The zero-order chi connectivity index (χ0) is 17.4. The zero-order valence-electron chi connectivity index (χ0n) is 14.5. The topological polar surface area (TPSA) is 70.2 Å². The molecule has 1 amide bonds. The highest BCUT2D eigenvalue weighted by atomic mass is 16.1. The van der Waals surface area contributed by atoms with Gasteiger partial charge in [-0.15, -0.1) is 0 Å². The van der Waals surface area contributed by atoms with Crippen LogP contribution in [0.4, 0.5) is 5.82 Å². The Bertz CT molecular complexity index is 658. The summed E-state index contributed by atoms with van der Waals surface area (Å²) < 4.78 is 0. The van der Waals surface area contributed by atoms with Crippen molar-refractivity contribution >= 4 is 11.7 Å². The number of benzene rings is 1. The van der Waals surface area contributed by atoms with Gasteiger partial charge in [0, 0.05) is 25.7 Å². The van der Waals surface area contributed by atoms with Gasteiger partial charge in [-0.2, -0.15) is 0 Å². The Morgan fingerprint density at radius 1 is 1.12 bits per heavy atom. The second kappa shape index (κ2) is 8.98. The fourth-order valence-corrected chi connectivity index (χ4v) is 2.24. The molecule has 0 saturated carbocycles. The molecule has 2 N–H and O–H groups in total. The van der Waals surface area contributed by atoms with E-state index in [-0.39, 0.29) is 5.91 Å². The molecule has 128 valence electrons. The van der Waals surface area contributed by atoms with E-state index >= 15 is 0 Å². The highest BCUT2D eigenvalue weighted by Crippen LogP contribution is 2.07. The number of anilines is 1. The molecule has 0 aliphatic rings. The van der Waals surface area contributed by atoms with Crippen molar-refractivity contribution in [1.82, 2.24) is 20.2 Å². The van der Waals surface area contributed by atoms with Gasteiger partial charge in [0.15, 0.2) is 0 Å². The number of nitrogens with zero attached hydrogens (tertiary/aromatic N) is 3. The fraction of sp³-hybridized carbons (Fsp3) is 0.389. The predicted octanol–water partition coefficient (Wildman–Crippen LogP) is 1.73. The largest absolute Gasteiger partial charge is 0.369 e. The first kappa shape index (κ1) is 17.9. The van der Waals surface area contributed by atoms with Crippen LogP contribution in [-0.4, -0.2) is 54.5 Å². The molecule has 6 nitrogen and oxygen atoms in total. The van der Waals surface area contributed by atoms with Gasteiger partial charge in [0.1, 0.15) is 17.3 Å². The molecule has 0 saturated heterocycles. The maximum atomic E-state index is 12.3. The van der Waals surface area contributed by atoms with Crippen LogP contribution in [0.25, 0.3) is 0 Å². The molecule has 0 spiro atoms. The van der Waals surface area contributed by atoms with Crippen LogP contribution in [0.15, 0.2) is 36.4 Å². The first-order valence-electron chi connectivity index (χ1n) is 8.11. The van der Waals surface area contributed by atoms with Crippen LogP contribution in [-0.2, 0) is 6.42 Å². The Balaban J connectivity index is 1.89. The quantitative estimate of drug-likeness (QED) is 0.773. The van der Waals surface area contributed by atoms with Gasteiger partial charge in [0.05, 0.1) is 0 Å². The standard InChI is InChI=1S/C18H25N5O/c1-14-21-16(13-17(22-14)19-11-12-23(2)3)18(24)20-10-9-15-7-5-4-6-8-15/h4-8,13H,9-12H2,1-3H3,(H,20,24)(H,19,21,22). The maximum Gasteiger partial charge on any atom is 0.270 e. The smallest absolute Gasteiger partial charge is 0.270 e. The predicted molar refractivity (Wildman–Crippen MR) is 96.3 cm³/mol. The average Bonchev–Trinajstić information content (AvgIpc) is 2.55. The molecular weight excluding hydrogens is 302 g/mol. The maximum absolute atomic E-state index is 12.3. The van der Waals surface area contributed by atoms with Crippen LogP contribution in [0.5, 0.6) is 0 Å². The number of hydrogen-bond donors (Lipinski definition) is 2. The minimum Gasteiger partial charge on any atom is -0.369 e. The Kier molecular flexibility index (Phi) is 6.69. The molecule has 0 unspecified atom stereocenters. The molecule has 1 heterocycles. The second-order valence-electron chi connectivity index (χ2n) is 5.91. The third-order valence-corrected chi connectivity index (χ3v) is 3.48. The number of nitrogens with one attached hydrogen (secondary N) is 2. The van der Waals surface area contributed by atoms with Crippen molar-refractivity contribution < 1.29 is 4.79 Å². The Morgan fingerprint density at radius 3 is 2.58 bits per heavy atom. The molecule has 2 rings (SSSR count). The van der Waals surface area contributed by atoms with Gasteiger partial charge in [0.25, 0.3) is 5.91 Å². The second-order valence-corrected chi connectivity index (χ2v) is 5.91. The highest BCUT2D eigenvalue weighted by Gasteiger charge is 2.10. The van der Waals surface area contributed by atoms with Gasteiger partial charge in [-0.25, -0.2) is 9.97 Å². The van der Waals surface area contributed by atoms with Crippen molar-refractivity contribution in [2.45, 2.75) is 13.3 Å². The molecule has 0 atom stereocenters. The zero-order valence-corrected chi connectivity index (χ0v) is 14.5. The molecule has 6 heteroatoms. The van der Waals surface area contributed by atoms with Crippen molar-refractivity contribution in [3.63, 3.8) is 0 Å². The van der Waals surface area contributed by atoms with E-state index in [9.17, 15) is 4.79 Å². The minimum absolute atomic E-state index is 0.174. The molecule has 1 aromatic carbocycles. The fourth-order valence-electron chi connectivity index (χ4n) is 2.24. The van der Waals surface area contributed by atoms with E-state index in [2.05, 4.69) is 25.5 Å². The number of hydrogen-bond acceptors (Lipinski definition) is 5. The first-order chi connectivity index (χ1) is 11.5. The molecule has 0 fully saturated rings. The van der Waals surface area contributed by atoms with Gasteiger partial charge in [-0.05, 0) is 33.0 Å². The highest BCUT2D eigenvalue weighted by molar-refractivity contribution is 5.92. The van der Waals surface area contributed by atoms with Crippen LogP contribution in [0.1, 0.15) is 21.9 Å². The third-order valence-electron chi connectivity index (χ3n) is 3.48. The van der Waals surface area contributed by atoms with E-state index in [1.807, 2.05) is 44.4 Å². The molecule has 24 heavy (non-hydrogen) atoms. The average molecular weight is 327 g/mol. The van der Waals surface area contributed by atoms with Crippen molar-refractivity contribution in [3.8, 4) is 0 Å². The third kappa shape index (κ3) is 5.96.